The smallest absolute Gasteiger partial charge is 0.336 e. The van der Waals surface area contributed by atoms with Gasteiger partial charge in [-0.15, -0.1) is 0 Å². The van der Waals surface area contributed by atoms with Crippen molar-refractivity contribution in [2.24, 2.45) is 0 Å². The first-order valence-electron chi connectivity index (χ1n) is 6.68. The van der Waals surface area contributed by atoms with Crippen LogP contribution < -0.4 is 5.63 Å². The average Bonchev–Trinajstić information content (AvgIpc) is 2.97. The van der Waals surface area contributed by atoms with Gasteiger partial charge in [-0.05, 0) is 37.1 Å². The Balaban J connectivity index is 2.07. The standard InChI is InChI=1S/C14H13NO6S/c16-13-6-3-9-8-10(4-5-12(9)21-13)22(19,20)15-7-1-2-11(15)14(17)18/h3-6,8,11H,1-2,7H2,(H,17,18)/t11-/m0/s1. The number of aliphatic carboxylic acids is 1. The number of benzene rings is 1. The van der Waals surface area contributed by atoms with E-state index in [2.05, 4.69) is 0 Å². The predicted molar refractivity (Wildman–Crippen MR) is 77.0 cm³/mol. The highest BCUT2D eigenvalue weighted by molar-refractivity contribution is 7.89. The minimum absolute atomic E-state index is 0.0120. The van der Waals surface area contributed by atoms with Crippen LogP contribution >= 0.6 is 0 Å². The average molecular weight is 323 g/mol. The van der Waals surface area contributed by atoms with Gasteiger partial charge in [0.15, 0.2) is 0 Å². The van der Waals surface area contributed by atoms with E-state index in [0.29, 0.717) is 18.2 Å². The van der Waals surface area contributed by atoms with Gasteiger partial charge in [-0.25, -0.2) is 13.2 Å². The molecule has 0 spiro atoms. The lowest BCUT2D eigenvalue weighted by Gasteiger charge is -2.21. The summed E-state index contributed by atoms with van der Waals surface area (Å²) in [6.45, 7) is 0.182. The molecule has 22 heavy (non-hydrogen) atoms. The van der Waals surface area contributed by atoms with Gasteiger partial charge in [0.2, 0.25) is 10.0 Å². The molecule has 0 unspecified atom stereocenters. The molecule has 1 aliphatic rings. The number of sulfonamides is 1. The van der Waals surface area contributed by atoms with E-state index >= 15 is 0 Å². The summed E-state index contributed by atoms with van der Waals surface area (Å²) in [6, 6.07) is 5.74. The molecule has 0 radical (unpaired) electrons. The normalized spacial score (nSPS) is 19.5. The summed E-state index contributed by atoms with van der Waals surface area (Å²) < 4.78 is 31.2. The Kier molecular flexibility index (Phi) is 3.50. The van der Waals surface area contributed by atoms with Crippen molar-refractivity contribution in [1.29, 1.82) is 0 Å². The van der Waals surface area contributed by atoms with E-state index in [0.717, 1.165) is 4.31 Å². The number of hydrogen-bond acceptors (Lipinski definition) is 5. The summed E-state index contributed by atoms with van der Waals surface area (Å²) in [7, 11) is -3.90. The van der Waals surface area contributed by atoms with Gasteiger partial charge in [0.05, 0.1) is 4.90 Å². The Morgan fingerprint density at radius 2 is 2.05 bits per heavy atom. The largest absolute Gasteiger partial charge is 0.480 e. The van der Waals surface area contributed by atoms with Gasteiger partial charge in [0.1, 0.15) is 11.6 Å². The second kappa shape index (κ2) is 5.22. The van der Waals surface area contributed by atoms with Crippen molar-refractivity contribution in [3.8, 4) is 0 Å². The van der Waals surface area contributed by atoms with Crippen LogP contribution in [0.4, 0.5) is 0 Å². The molecule has 1 aliphatic heterocycles. The van der Waals surface area contributed by atoms with Crippen LogP contribution in [0.1, 0.15) is 12.8 Å². The molecule has 7 nitrogen and oxygen atoms in total. The van der Waals surface area contributed by atoms with Crippen molar-refractivity contribution in [2.75, 3.05) is 6.54 Å². The highest BCUT2D eigenvalue weighted by Gasteiger charge is 2.39. The molecular weight excluding hydrogens is 310 g/mol. The van der Waals surface area contributed by atoms with Crippen LogP contribution in [0.5, 0.6) is 0 Å². The molecule has 1 aromatic heterocycles. The lowest BCUT2D eigenvalue weighted by Crippen LogP contribution is -2.40. The van der Waals surface area contributed by atoms with Gasteiger partial charge in [0.25, 0.3) is 0 Å². The minimum Gasteiger partial charge on any atom is -0.480 e. The number of fused-ring (bicyclic) bond motifs is 1. The first-order chi connectivity index (χ1) is 10.4. The Bertz CT molecular complexity index is 901. The molecule has 1 atom stereocenters. The first kappa shape index (κ1) is 14.7. The fraction of sp³-hybridized carbons (Fsp3) is 0.286. The number of carboxylic acids is 1. The zero-order chi connectivity index (χ0) is 15.9. The van der Waals surface area contributed by atoms with Gasteiger partial charge in [0, 0.05) is 18.0 Å². The highest BCUT2D eigenvalue weighted by atomic mass is 32.2. The highest BCUT2D eigenvalue weighted by Crippen LogP contribution is 2.27. The summed E-state index contributed by atoms with van der Waals surface area (Å²) in [5.41, 5.74) is -0.240. The van der Waals surface area contributed by atoms with E-state index in [4.69, 9.17) is 9.52 Å². The molecule has 0 bridgehead atoms. The molecule has 3 rings (SSSR count). The molecule has 0 aliphatic carbocycles. The fourth-order valence-corrected chi connectivity index (χ4v) is 4.31. The van der Waals surface area contributed by atoms with Crippen molar-refractivity contribution >= 4 is 27.0 Å². The zero-order valence-electron chi connectivity index (χ0n) is 11.4. The van der Waals surface area contributed by atoms with Crippen LogP contribution in [0, 0.1) is 0 Å². The van der Waals surface area contributed by atoms with Crippen molar-refractivity contribution in [1.82, 2.24) is 4.31 Å². The molecule has 1 N–H and O–H groups in total. The van der Waals surface area contributed by atoms with Crippen molar-refractivity contribution < 1.29 is 22.7 Å². The SMILES string of the molecule is O=C(O)[C@@H]1CCCN1S(=O)(=O)c1ccc2oc(=O)ccc2c1. The second-order valence-electron chi connectivity index (χ2n) is 5.07. The van der Waals surface area contributed by atoms with Gasteiger partial charge in [-0.3, -0.25) is 4.79 Å². The summed E-state index contributed by atoms with van der Waals surface area (Å²) in [5.74, 6) is -1.15. The lowest BCUT2D eigenvalue weighted by atomic mass is 10.2. The van der Waals surface area contributed by atoms with Crippen molar-refractivity contribution in [3.63, 3.8) is 0 Å². The van der Waals surface area contributed by atoms with Crippen molar-refractivity contribution in [2.45, 2.75) is 23.8 Å². The zero-order valence-corrected chi connectivity index (χ0v) is 12.2. The van der Waals surface area contributed by atoms with Crippen LogP contribution in [-0.2, 0) is 14.8 Å². The first-order valence-corrected chi connectivity index (χ1v) is 8.12. The molecular formula is C14H13NO6S. The minimum atomic E-state index is -3.90. The number of rotatable bonds is 3. The third-order valence-corrected chi connectivity index (χ3v) is 5.59. The fourth-order valence-electron chi connectivity index (χ4n) is 2.62. The van der Waals surface area contributed by atoms with E-state index in [1.165, 1.54) is 30.3 Å². The maximum atomic E-state index is 12.6. The van der Waals surface area contributed by atoms with E-state index in [1.54, 1.807) is 0 Å². The molecule has 116 valence electrons. The molecule has 1 fully saturated rings. The van der Waals surface area contributed by atoms with E-state index in [1.807, 2.05) is 0 Å². The van der Waals surface area contributed by atoms with Crippen LogP contribution in [0.15, 0.2) is 44.4 Å². The number of carboxylic acid groups (broad SMARTS) is 1. The Morgan fingerprint density at radius 3 is 2.77 bits per heavy atom. The summed E-state index contributed by atoms with van der Waals surface area (Å²) in [5, 5.41) is 9.60. The third-order valence-electron chi connectivity index (χ3n) is 3.69. The third kappa shape index (κ3) is 2.40. The van der Waals surface area contributed by atoms with Gasteiger partial charge >= 0.3 is 11.6 Å². The van der Waals surface area contributed by atoms with Gasteiger partial charge in [-0.1, -0.05) is 0 Å². The van der Waals surface area contributed by atoms with Gasteiger partial charge < -0.3 is 9.52 Å². The molecule has 1 aromatic carbocycles. The molecule has 1 saturated heterocycles. The molecule has 2 heterocycles. The molecule has 0 amide bonds. The quantitative estimate of drug-likeness (QED) is 0.846. The summed E-state index contributed by atoms with van der Waals surface area (Å²) in [6.07, 6.45) is 0.815. The molecule has 2 aromatic rings. The maximum Gasteiger partial charge on any atom is 0.336 e. The van der Waals surface area contributed by atoms with Crippen LogP contribution in [0.2, 0.25) is 0 Å². The Hall–Kier alpha value is -2.19. The monoisotopic (exact) mass is 323 g/mol. The van der Waals surface area contributed by atoms with Gasteiger partial charge in [-0.2, -0.15) is 4.31 Å². The maximum absolute atomic E-state index is 12.6. The van der Waals surface area contributed by atoms with E-state index in [9.17, 15) is 18.0 Å². The second-order valence-corrected chi connectivity index (χ2v) is 6.96. The van der Waals surface area contributed by atoms with E-state index < -0.39 is 27.7 Å². The lowest BCUT2D eigenvalue weighted by molar-refractivity contribution is -0.140. The summed E-state index contributed by atoms with van der Waals surface area (Å²) in [4.78, 5) is 22.3. The van der Waals surface area contributed by atoms with Crippen molar-refractivity contribution in [3.05, 3.63) is 40.8 Å². The number of nitrogens with zero attached hydrogens (tertiary/aromatic N) is 1. The molecule has 8 heteroatoms. The van der Waals surface area contributed by atoms with Crippen LogP contribution in [-0.4, -0.2) is 36.4 Å². The Morgan fingerprint density at radius 1 is 1.27 bits per heavy atom. The number of hydrogen-bond donors (Lipinski definition) is 1. The van der Waals surface area contributed by atoms with E-state index in [-0.39, 0.29) is 17.0 Å². The molecule has 0 saturated carbocycles. The van der Waals surface area contributed by atoms with Crippen LogP contribution in [0.25, 0.3) is 11.0 Å². The van der Waals surface area contributed by atoms with Crippen LogP contribution in [0.3, 0.4) is 0 Å². The Labute approximate surface area is 125 Å². The predicted octanol–water partition coefficient (Wildman–Crippen LogP) is 1.03. The topological polar surface area (TPSA) is 105 Å². The summed E-state index contributed by atoms with van der Waals surface area (Å²) >= 11 is 0. The number of carbonyl (C=O) groups is 1.